The van der Waals surface area contributed by atoms with Gasteiger partial charge in [0.1, 0.15) is 23.7 Å². The summed E-state index contributed by atoms with van der Waals surface area (Å²) in [5.74, 6) is 4.20. The maximum absolute atomic E-state index is 14.0. The van der Waals surface area contributed by atoms with Crippen molar-refractivity contribution in [3.63, 3.8) is 0 Å². The van der Waals surface area contributed by atoms with Gasteiger partial charge in [0.05, 0.1) is 23.4 Å². The minimum atomic E-state index is -2.43. The van der Waals surface area contributed by atoms with Crippen molar-refractivity contribution in [2.45, 2.75) is 44.8 Å². The molecule has 32 heavy (non-hydrogen) atoms. The van der Waals surface area contributed by atoms with Gasteiger partial charge in [0, 0.05) is 33.1 Å². The molecule has 1 heterocycles. The van der Waals surface area contributed by atoms with Crippen LogP contribution in [-0.4, -0.2) is 43.6 Å². The molecule has 1 fully saturated rings. The van der Waals surface area contributed by atoms with Crippen LogP contribution in [0.2, 0.25) is 0 Å². The molecular weight excluding hydrogens is 431 g/mol. The largest absolute Gasteiger partial charge is 0.488 e. The fraction of sp³-hybridized carbons (Fsp3) is 0.348. The van der Waals surface area contributed by atoms with Crippen LogP contribution in [0.15, 0.2) is 36.7 Å². The van der Waals surface area contributed by atoms with E-state index in [1.54, 1.807) is 12.1 Å². The smallest absolute Gasteiger partial charge is 0.146 e. The molecule has 3 N–H and O–H groups in total. The Labute approximate surface area is 187 Å². The minimum Gasteiger partial charge on any atom is -0.488 e. The quantitative estimate of drug-likeness (QED) is 0.480. The number of hydrogen-bond donors (Lipinski definition) is 3. The van der Waals surface area contributed by atoms with Crippen LogP contribution < -0.4 is 14.8 Å². The minimum absolute atomic E-state index is 0.0789. The second-order valence-corrected chi connectivity index (χ2v) is 10.5. The van der Waals surface area contributed by atoms with E-state index >= 15 is 0 Å². The Kier molecular flexibility index (Phi) is 6.21. The number of nitrogens with one attached hydrogen (secondary N) is 2. The van der Waals surface area contributed by atoms with E-state index in [1.807, 2.05) is 13.0 Å². The van der Waals surface area contributed by atoms with Crippen molar-refractivity contribution in [2.75, 3.05) is 16.3 Å². The summed E-state index contributed by atoms with van der Waals surface area (Å²) in [4.78, 5) is 8.75. The summed E-state index contributed by atoms with van der Waals surface area (Å²) in [5, 5.41) is 13.8. The number of hydrogen-bond acceptors (Lipinski definition) is 6. The Morgan fingerprint density at radius 2 is 1.94 bits per heavy atom. The molecule has 1 atom stereocenters. The first kappa shape index (κ1) is 22.3. The van der Waals surface area contributed by atoms with Gasteiger partial charge in [-0.05, 0) is 68.3 Å². The Balaban J connectivity index is 1.66. The third-order valence-electron chi connectivity index (χ3n) is 5.40. The van der Waals surface area contributed by atoms with E-state index in [4.69, 9.17) is 4.74 Å². The summed E-state index contributed by atoms with van der Waals surface area (Å²) in [6.45, 7) is 1.91. The highest BCUT2D eigenvalue weighted by molar-refractivity contribution is 8.00. The van der Waals surface area contributed by atoms with Gasteiger partial charge < -0.3 is 19.9 Å². The zero-order valence-electron chi connectivity index (χ0n) is 18.1. The molecule has 1 saturated carbocycles. The molecule has 1 aromatic heterocycles. The highest BCUT2D eigenvalue weighted by Gasteiger charge is 2.22. The van der Waals surface area contributed by atoms with Crippen molar-refractivity contribution in [1.82, 2.24) is 9.97 Å². The number of ether oxygens (including phenoxy) is 1. The summed E-state index contributed by atoms with van der Waals surface area (Å²) in [7, 11) is -2.43. The second-order valence-electron chi connectivity index (χ2n) is 8.33. The van der Waals surface area contributed by atoms with Gasteiger partial charge in [-0.3, -0.25) is 0 Å². The molecule has 0 aliphatic heterocycles. The maximum Gasteiger partial charge on any atom is 0.146 e. The second kappa shape index (κ2) is 8.91. The van der Waals surface area contributed by atoms with Crippen LogP contribution in [0.5, 0.6) is 5.75 Å². The van der Waals surface area contributed by atoms with Crippen molar-refractivity contribution in [3.8, 4) is 5.75 Å². The van der Waals surface area contributed by atoms with E-state index in [0.717, 1.165) is 23.8 Å². The van der Waals surface area contributed by atoms with Gasteiger partial charge >= 0.3 is 0 Å². The zero-order valence-corrected chi connectivity index (χ0v) is 18.9. The van der Waals surface area contributed by atoms with E-state index in [9.17, 15) is 13.7 Å². The number of halogens is 1. The lowest BCUT2D eigenvalue weighted by Gasteiger charge is -2.27. The molecule has 1 unspecified atom stereocenters. The van der Waals surface area contributed by atoms with Gasteiger partial charge in [-0.15, -0.1) is 0 Å². The summed E-state index contributed by atoms with van der Waals surface area (Å²) >= 11 is 0. The molecule has 9 heteroatoms. The van der Waals surface area contributed by atoms with Crippen LogP contribution >= 0.6 is 0 Å². The molecule has 1 aliphatic carbocycles. The number of fused-ring (bicyclic) bond motifs is 1. The van der Waals surface area contributed by atoms with Gasteiger partial charge in [-0.1, -0.05) is 0 Å². The Hall–Kier alpha value is -2.91. The third-order valence-corrected chi connectivity index (χ3v) is 6.07. The van der Waals surface area contributed by atoms with Crippen LogP contribution in [-0.2, 0) is 9.71 Å². The number of anilines is 3. The van der Waals surface area contributed by atoms with E-state index < -0.39 is 15.5 Å². The number of rotatable bonds is 6. The fourth-order valence-corrected chi connectivity index (χ4v) is 4.58. The van der Waals surface area contributed by atoms with Gasteiger partial charge in [0.2, 0.25) is 0 Å². The summed E-state index contributed by atoms with van der Waals surface area (Å²) in [5.41, 5.74) is 2.79. The molecule has 4 rings (SSSR count). The molecule has 2 aromatic carbocycles. The van der Waals surface area contributed by atoms with E-state index in [2.05, 4.69) is 25.9 Å². The molecule has 0 saturated heterocycles. The number of aromatic nitrogens is 2. The highest BCUT2D eigenvalue weighted by atomic mass is 32.2. The number of aliphatic hydroxyl groups excluding tert-OH is 1. The molecular formula is C23H27FN4O3S. The zero-order chi connectivity index (χ0) is 22.9. The van der Waals surface area contributed by atoms with E-state index in [-0.39, 0.29) is 12.2 Å². The first-order chi connectivity index (χ1) is 15.2. The van der Waals surface area contributed by atoms with Crippen LogP contribution in [0.3, 0.4) is 0 Å². The molecule has 7 nitrogen and oxygen atoms in total. The van der Waals surface area contributed by atoms with Crippen molar-refractivity contribution in [1.29, 1.82) is 0 Å². The lowest BCUT2D eigenvalue weighted by molar-refractivity contribution is 0.0668. The predicted octanol–water partition coefficient (Wildman–Crippen LogP) is 4.18. The third kappa shape index (κ3) is 5.28. The number of nitrogens with zero attached hydrogens (tertiary/aromatic N) is 2. The van der Waals surface area contributed by atoms with Crippen LogP contribution in [0, 0.1) is 12.7 Å². The predicted molar refractivity (Wildman–Crippen MR) is 128 cm³/mol. The molecule has 170 valence electrons. The van der Waals surface area contributed by atoms with E-state index in [0.29, 0.717) is 41.3 Å². The van der Waals surface area contributed by atoms with Gasteiger partial charge in [0.25, 0.3) is 0 Å². The molecule has 3 aromatic rings. The van der Waals surface area contributed by atoms with Gasteiger partial charge in [0.15, 0.2) is 0 Å². The van der Waals surface area contributed by atoms with Crippen LogP contribution in [0.25, 0.3) is 10.9 Å². The monoisotopic (exact) mass is 458 g/mol. The molecule has 0 amide bonds. The summed E-state index contributed by atoms with van der Waals surface area (Å²) in [6, 6.07) is 8.00. The number of aliphatic hydroxyl groups is 1. The Morgan fingerprint density at radius 1 is 1.19 bits per heavy atom. The molecule has 1 aliphatic rings. The maximum atomic E-state index is 14.0. The van der Waals surface area contributed by atoms with Crippen molar-refractivity contribution in [2.24, 2.45) is 0 Å². The highest BCUT2D eigenvalue weighted by Crippen LogP contribution is 2.35. The van der Waals surface area contributed by atoms with Crippen LogP contribution in [0.1, 0.15) is 31.2 Å². The van der Waals surface area contributed by atoms with E-state index in [1.165, 1.54) is 24.7 Å². The fourth-order valence-electron chi connectivity index (χ4n) is 3.96. The normalized spacial score (nSPS) is 20.5. The Bertz CT molecular complexity index is 1240. The van der Waals surface area contributed by atoms with Crippen LogP contribution in [0.4, 0.5) is 21.6 Å². The number of aryl methyl sites for hydroxylation is 1. The number of benzene rings is 2. The van der Waals surface area contributed by atoms with Gasteiger partial charge in [-0.2, -0.15) is 0 Å². The van der Waals surface area contributed by atoms with Crippen molar-refractivity contribution >= 4 is 43.7 Å². The lowest BCUT2D eigenvalue weighted by Crippen LogP contribution is -2.26. The first-order valence-electron chi connectivity index (χ1n) is 10.4. The summed E-state index contributed by atoms with van der Waals surface area (Å²) in [6.07, 6.45) is 5.38. The lowest BCUT2D eigenvalue weighted by atomic mass is 9.95. The standard InChI is InChI=1S/C23H27FN4O3S/c1-14-10-16(28-32(2,3)30)12-20-22(14)23(26-13-25-20)27-19-9-4-15(24)11-21(19)31-18-7-5-17(29)6-8-18/h4,9-13,17-18,29H,2,5-8H2,1,3H3,(H,28,30)(H,25,26,27). The van der Waals surface area contributed by atoms with Gasteiger partial charge in [-0.25, -0.2) is 18.6 Å². The average molecular weight is 459 g/mol. The average Bonchev–Trinajstić information content (AvgIpc) is 2.70. The molecule has 0 radical (unpaired) electrons. The SMILES string of the molecule is C=S(C)(=O)Nc1cc(C)c2c(Nc3ccc(F)cc3OC3CCC(O)CC3)ncnc2c1. The van der Waals surface area contributed by atoms with Crippen molar-refractivity contribution in [3.05, 3.63) is 48.0 Å². The Morgan fingerprint density at radius 3 is 2.66 bits per heavy atom. The van der Waals surface area contributed by atoms with Crippen molar-refractivity contribution < 1.29 is 18.4 Å². The first-order valence-corrected chi connectivity index (χ1v) is 12.6. The topological polar surface area (TPSA) is 96.4 Å². The summed E-state index contributed by atoms with van der Waals surface area (Å²) < 4.78 is 35.0. The molecule has 0 spiro atoms. The molecule has 0 bridgehead atoms.